The Kier molecular flexibility index (Phi) is 11.5. The van der Waals surface area contributed by atoms with E-state index in [1.807, 2.05) is 30.3 Å². The first-order chi connectivity index (χ1) is 21.5. The third kappa shape index (κ3) is 8.45. The van der Waals surface area contributed by atoms with E-state index in [0.717, 1.165) is 16.7 Å². The van der Waals surface area contributed by atoms with E-state index in [2.05, 4.69) is 40.7 Å². The summed E-state index contributed by atoms with van der Waals surface area (Å²) in [6.07, 6.45) is 3.06. The molecule has 0 amide bonds. The lowest BCUT2D eigenvalue weighted by molar-refractivity contribution is -0.118. The van der Waals surface area contributed by atoms with E-state index >= 15 is 0 Å². The Balaban J connectivity index is 1.75. The molecule has 0 aromatic heterocycles. The number of carbonyl (C=O) groups is 1. The van der Waals surface area contributed by atoms with Crippen LogP contribution in [0.15, 0.2) is 87.7 Å². The summed E-state index contributed by atoms with van der Waals surface area (Å²) in [4.78, 5) is 12.5. The zero-order valence-corrected chi connectivity index (χ0v) is 30.0. The topological polar surface area (TPSA) is 86.5 Å². The van der Waals surface area contributed by atoms with E-state index in [9.17, 15) is 17.6 Å². The Hall–Kier alpha value is -2.62. The van der Waals surface area contributed by atoms with Crippen molar-refractivity contribution in [2.45, 2.75) is 69.9 Å². The number of rotatable bonds is 10. The largest absolute Gasteiger partial charge is 0.484 e. The van der Waals surface area contributed by atoms with Crippen molar-refractivity contribution in [3.63, 3.8) is 0 Å². The highest BCUT2D eigenvalue weighted by Crippen LogP contribution is 2.49. The van der Waals surface area contributed by atoms with Gasteiger partial charge >= 0.3 is 0 Å². The number of thioether (sulfide) groups is 1. The van der Waals surface area contributed by atoms with E-state index in [-0.39, 0.29) is 52.0 Å². The third-order valence-corrected chi connectivity index (χ3v) is 11.9. The monoisotopic (exact) mass is 703 g/mol. The van der Waals surface area contributed by atoms with Gasteiger partial charge in [0, 0.05) is 11.2 Å². The minimum atomic E-state index is -4.09. The SMILES string of the molecule is CC(=O)COc1ccc(CSC2=C(C)C(C)C=C(C(C)(C)c3ccc(Cl)c(Cl)c3)C(C)C(c3ccc(F)cc3)C2)cc1S(N)(=O)=O. The molecular weight excluding hydrogens is 664 g/mol. The van der Waals surface area contributed by atoms with Crippen molar-refractivity contribution < 1.29 is 22.3 Å². The zero-order chi connectivity index (χ0) is 34.0. The summed E-state index contributed by atoms with van der Waals surface area (Å²) in [6, 6.07) is 17.4. The molecule has 1 aliphatic carbocycles. The van der Waals surface area contributed by atoms with Crippen LogP contribution in [0.4, 0.5) is 4.39 Å². The molecule has 4 rings (SSSR count). The van der Waals surface area contributed by atoms with E-state index in [4.69, 9.17) is 33.1 Å². The third-order valence-electron chi connectivity index (χ3n) is 8.87. The normalized spacial score (nSPS) is 19.3. The molecule has 0 saturated heterocycles. The summed E-state index contributed by atoms with van der Waals surface area (Å²) in [6.45, 7) is 12.1. The first-order valence-electron chi connectivity index (χ1n) is 15.0. The van der Waals surface area contributed by atoms with Crippen molar-refractivity contribution in [3.8, 4) is 5.75 Å². The molecule has 3 unspecified atom stereocenters. The lowest BCUT2D eigenvalue weighted by Crippen LogP contribution is -2.29. The second kappa shape index (κ2) is 14.7. The molecule has 10 heteroatoms. The van der Waals surface area contributed by atoms with Crippen LogP contribution < -0.4 is 9.88 Å². The van der Waals surface area contributed by atoms with Crippen LogP contribution in [-0.4, -0.2) is 20.8 Å². The maximum Gasteiger partial charge on any atom is 0.241 e. The fraction of sp³-hybridized carbons (Fsp3) is 0.361. The van der Waals surface area contributed by atoms with Crippen LogP contribution in [0, 0.1) is 17.7 Å². The average Bonchev–Trinajstić information content (AvgIpc) is 2.99. The predicted octanol–water partition coefficient (Wildman–Crippen LogP) is 9.62. The number of ether oxygens (including phenoxy) is 1. The molecule has 0 heterocycles. The van der Waals surface area contributed by atoms with E-state index in [0.29, 0.717) is 22.2 Å². The Morgan fingerprint density at radius 1 is 1.04 bits per heavy atom. The van der Waals surface area contributed by atoms with Crippen LogP contribution in [0.25, 0.3) is 0 Å². The van der Waals surface area contributed by atoms with Gasteiger partial charge in [-0.1, -0.05) is 92.4 Å². The Labute approximate surface area is 286 Å². The van der Waals surface area contributed by atoms with Crippen molar-refractivity contribution in [1.82, 2.24) is 0 Å². The minimum Gasteiger partial charge on any atom is -0.484 e. The van der Waals surface area contributed by atoms with Gasteiger partial charge < -0.3 is 4.74 Å². The summed E-state index contributed by atoms with van der Waals surface area (Å²) in [5.41, 5.74) is 4.94. The molecule has 46 heavy (non-hydrogen) atoms. The number of carbonyl (C=O) groups excluding carboxylic acids is 1. The van der Waals surface area contributed by atoms with Gasteiger partial charge in [-0.2, -0.15) is 0 Å². The molecule has 1 aliphatic rings. The number of sulfonamides is 1. The number of Topliss-reactive ketones (excluding diaryl/α,β-unsaturated/α-hetero) is 1. The summed E-state index contributed by atoms with van der Waals surface area (Å²) >= 11 is 14.4. The second-order valence-corrected chi connectivity index (χ2v) is 15.9. The van der Waals surface area contributed by atoms with Gasteiger partial charge in [-0.15, -0.1) is 11.8 Å². The number of primary sulfonamides is 1. The van der Waals surface area contributed by atoms with Gasteiger partial charge in [-0.25, -0.2) is 17.9 Å². The zero-order valence-electron chi connectivity index (χ0n) is 26.9. The lowest BCUT2D eigenvalue weighted by atomic mass is 9.66. The number of benzene rings is 3. The van der Waals surface area contributed by atoms with E-state index in [1.54, 1.807) is 23.9 Å². The quantitative estimate of drug-likeness (QED) is 0.213. The Morgan fingerprint density at radius 2 is 1.72 bits per heavy atom. The van der Waals surface area contributed by atoms with Crippen LogP contribution in [0.2, 0.25) is 10.0 Å². The fourth-order valence-corrected chi connectivity index (χ4v) is 8.26. The number of halogens is 3. The molecular formula is C36H40Cl2FNO4S2. The maximum absolute atomic E-state index is 14.1. The predicted molar refractivity (Wildman–Crippen MR) is 188 cm³/mol. The lowest BCUT2D eigenvalue weighted by Gasteiger charge is -2.40. The molecule has 5 nitrogen and oxygen atoms in total. The molecule has 3 aromatic rings. The molecule has 0 radical (unpaired) electrons. The average molecular weight is 705 g/mol. The minimum absolute atomic E-state index is 0.0289. The van der Waals surface area contributed by atoms with Crippen LogP contribution >= 0.6 is 35.0 Å². The van der Waals surface area contributed by atoms with Gasteiger partial charge in [0.15, 0.2) is 5.78 Å². The maximum atomic E-state index is 14.1. The van der Waals surface area contributed by atoms with Crippen molar-refractivity contribution in [3.05, 3.63) is 115 Å². The summed E-state index contributed by atoms with van der Waals surface area (Å²) in [5, 5.41) is 6.52. The van der Waals surface area contributed by atoms with Gasteiger partial charge in [0.1, 0.15) is 23.1 Å². The molecule has 0 fully saturated rings. The molecule has 3 atom stereocenters. The van der Waals surface area contributed by atoms with Crippen LogP contribution in [0.1, 0.15) is 70.6 Å². The van der Waals surface area contributed by atoms with Gasteiger partial charge in [0.2, 0.25) is 10.0 Å². The first kappa shape index (κ1) is 36.2. The Morgan fingerprint density at radius 3 is 2.33 bits per heavy atom. The highest BCUT2D eigenvalue weighted by Gasteiger charge is 2.36. The summed E-state index contributed by atoms with van der Waals surface area (Å²) in [7, 11) is -4.09. The van der Waals surface area contributed by atoms with Crippen molar-refractivity contribution in [1.29, 1.82) is 0 Å². The molecule has 246 valence electrons. The molecule has 0 saturated carbocycles. The molecule has 0 aliphatic heterocycles. The van der Waals surface area contributed by atoms with Gasteiger partial charge in [0.25, 0.3) is 0 Å². The number of allylic oxidation sites excluding steroid dienone is 4. The second-order valence-electron chi connectivity index (χ2n) is 12.5. The fourth-order valence-electron chi connectivity index (χ4n) is 6.01. The van der Waals surface area contributed by atoms with Gasteiger partial charge in [0.05, 0.1) is 10.0 Å². The molecule has 2 N–H and O–H groups in total. The van der Waals surface area contributed by atoms with E-state index in [1.165, 1.54) is 41.2 Å². The smallest absolute Gasteiger partial charge is 0.241 e. The number of hydrogen-bond acceptors (Lipinski definition) is 5. The molecule has 3 aromatic carbocycles. The first-order valence-corrected chi connectivity index (χ1v) is 18.3. The van der Waals surface area contributed by atoms with Gasteiger partial charge in [-0.05, 0) is 96.0 Å². The Bertz CT molecular complexity index is 1790. The summed E-state index contributed by atoms with van der Waals surface area (Å²) < 4.78 is 44.3. The number of ketones is 1. The van der Waals surface area contributed by atoms with Crippen LogP contribution in [0.3, 0.4) is 0 Å². The highest BCUT2D eigenvalue weighted by atomic mass is 35.5. The number of hydrogen-bond donors (Lipinski definition) is 1. The highest BCUT2D eigenvalue weighted by molar-refractivity contribution is 8.02. The van der Waals surface area contributed by atoms with Gasteiger partial charge in [-0.3, -0.25) is 4.79 Å². The summed E-state index contributed by atoms with van der Waals surface area (Å²) in [5.74, 6) is 0.236. The van der Waals surface area contributed by atoms with Crippen LogP contribution in [-0.2, 0) is 26.0 Å². The molecule has 0 spiro atoms. The van der Waals surface area contributed by atoms with Crippen molar-refractivity contribution >= 4 is 50.8 Å². The van der Waals surface area contributed by atoms with Crippen molar-refractivity contribution in [2.24, 2.45) is 17.0 Å². The number of nitrogens with two attached hydrogens (primary N) is 1. The van der Waals surface area contributed by atoms with E-state index < -0.39 is 10.0 Å². The molecule has 0 bridgehead atoms. The van der Waals surface area contributed by atoms with Crippen LogP contribution in [0.5, 0.6) is 5.75 Å². The van der Waals surface area contributed by atoms with Crippen molar-refractivity contribution in [2.75, 3.05) is 6.61 Å². The standard InChI is InChI=1S/C36H40Cl2FNO4S2/c1-21-15-30(36(5,6)27-10-13-31(37)32(38)17-27)24(4)29(26-8-11-28(39)12-9-26)18-34(23(21)3)45-20-25-7-14-33(44-19-22(2)41)35(16-25)46(40,42)43/h7-17,21,24,29H,18-20H2,1-6H3,(H2,40,42,43).